The van der Waals surface area contributed by atoms with Crippen molar-refractivity contribution in [1.82, 2.24) is 25.5 Å². The van der Waals surface area contributed by atoms with E-state index in [-0.39, 0.29) is 41.9 Å². The number of fused-ring (bicyclic) bond motifs is 5. The van der Waals surface area contributed by atoms with Gasteiger partial charge in [-0.05, 0) is 42.5 Å². The zero-order chi connectivity index (χ0) is 24.1. The maximum Gasteiger partial charge on any atom is 0.271 e. The number of carbonyl (C=O) groups is 1. The minimum Gasteiger partial charge on any atom is -0.463 e. The van der Waals surface area contributed by atoms with E-state index in [1.165, 1.54) is 30.6 Å². The molecule has 2 aromatic heterocycles. The fraction of sp³-hybridized carbons (Fsp3) is 0.375. The van der Waals surface area contributed by atoms with Crippen molar-refractivity contribution in [2.75, 3.05) is 13.2 Å². The van der Waals surface area contributed by atoms with Crippen LogP contribution in [0.4, 0.5) is 8.78 Å². The lowest BCUT2D eigenvalue weighted by molar-refractivity contribution is -0.0231. The molecule has 0 radical (unpaired) electrons. The smallest absolute Gasteiger partial charge is 0.271 e. The van der Waals surface area contributed by atoms with E-state index in [9.17, 15) is 13.6 Å². The third-order valence-electron chi connectivity index (χ3n) is 7.02. The summed E-state index contributed by atoms with van der Waals surface area (Å²) in [6.07, 6.45) is 4.17. The number of carbonyl (C=O) groups excluding carboxylic acids is 1. The van der Waals surface area contributed by atoms with Crippen molar-refractivity contribution in [3.05, 3.63) is 65.2 Å². The molecule has 1 saturated carbocycles. The Kier molecular flexibility index (Phi) is 5.27. The lowest BCUT2D eigenvalue weighted by Crippen LogP contribution is -2.41. The number of halogens is 2. The fourth-order valence-corrected chi connectivity index (χ4v) is 5.31. The van der Waals surface area contributed by atoms with E-state index in [1.807, 2.05) is 0 Å². The molecule has 1 aromatic carbocycles. The topological polar surface area (TPSA) is 110 Å². The number of aliphatic hydroxyl groups excluding tert-OH is 1. The number of aromatic nitrogens is 4. The summed E-state index contributed by atoms with van der Waals surface area (Å²) < 4.78 is 35.2. The quantitative estimate of drug-likeness (QED) is 0.573. The van der Waals surface area contributed by atoms with Crippen LogP contribution in [0, 0.1) is 17.0 Å². The maximum absolute atomic E-state index is 14.4. The van der Waals surface area contributed by atoms with Gasteiger partial charge < -0.3 is 15.2 Å². The van der Waals surface area contributed by atoms with E-state index in [0.29, 0.717) is 12.1 Å². The molecule has 5 rings (SSSR count). The molecule has 1 fully saturated rings. The van der Waals surface area contributed by atoms with Crippen molar-refractivity contribution in [2.24, 2.45) is 5.41 Å². The van der Waals surface area contributed by atoms with Gasteiger partial charge in [0.2, 0.25) is 5.88 Å². The summed E-state index contributed by atoms with van der Waals surface area (Å²) in [5, 5.41) is 20.0. The SMILES string of the molecule is CC1(C)[C@H]2CC[C@]1(Oc1cncc(C(=O)NCCO)n1)c1nnc(-c3c(F)cccc3F)cc12. The lowest BCUT2D eigenvalue weighted by Gasteiger charge is -2.37. The van der Waals surface area contributed by atoms with E-state index in [1.54, 1.807) is 6.07 Å². The van der Waals surface area contributed by atoms with Crippen LogP contribution in [0.15, 0.2) is 36.7 Å². The first-order chi connectivity index (χ1) is 16.3. The summed E-state index contributed by atoms with van der Waals surface area (Å²) >= 11 is 0. The van der Waals surface area contributed by atoms with Crippen LogP contribution in [0.2, 0.25) is 0 Å². The average molecular weight is 467 g/mol. The number of hydrogen-bond acceptors (Lipinski definition) is 7. The Labute approximate surface area is 194 Å². The predicted octanol–water partition coefficient (Wildman–Crippen LogP) is 3.13. The second-order valence-corrected chi connectivity index (χ2v) is 9.09. The highest BCUT2D eigenvalue weighted by Crippen LogP contribution is 2.67. The molecule has 2 bridgehead atoms. The zero-order valence-corrected chi connectivity index (χ0v) is 18.7. The number of hydrogen-bond donors (Lipinski definition) is 2. The third-order valence-corrected chi connectivity index (χ3v) is 7.02. The minimum absolute atomic E-state index is 0.0376. The van der Waals surface area contributed by atoms with Crippen LogP contribution in [0.1, 0.15) is 54.4 Å². The van der Waals surface area contributed by atoms with E-state index in [2.05, 4.69) is 39.3 Å². The molecule has 0 unspecified atom stereocenters. The highest BCUT2D eigenvalue weighted by atomic mass is 19.1. The first-order valence-electron chi connectivity index (χ1n) is 11.0. The Morgan fingerprint density at radius 3 is 2.74 bits per heavy atom. The highest BCUT2D eigenvalue weighted by molar-refractivity contribution is 5.92. The van der Waals surface area contributed by atoms with E-state index >= 15 is 0 Å². The Hall–Kier alpha value is -3.53. The van der Waals surface area contributed by atoms with Gasteiger partial charge >= 0.3 is 0 Å². The van der Waals surface area contributed by atoms with Crippen molar-refractivity contribution in [3.63, 3.8) is 0 Å². The highest BCUT2D eigenvalue weighted by Gasteiger charge is 2.66. The van der Waals surface area contributed by atoms with Gasteiger partial charge in [-0.25, -0.2) is 13.8 Å². The molecular weight excluding hydrogens is 444 g/mol. The van der Waals surface area contributed by atoms with Gasteiger partial charge in [0, 0.05) is 12.0 Å². The van der Waals surface area contributed by atoms with E-state index in [0.717, 1.165) is 12.0 Å². The molecule has 2 aliphatic rings. The van der Waals surface area contributed by atoms with Gasteiger partial charge in [-0.2, -0.15) is 5.10 Å². The molecule has 0 aliphatic heterocycles. The number of nitrogens with zero attached hydrogens (tertiary/aromatic N) is 4. The van der Waals surface area contributed by atoms with Crippen molar-refractivity contribution in [1.29, 1.82) is 0 Å². The van der Waals surface area contributed by atoms with Crippen molar-refractivity contribution >= 4 is 5.91 Å². The Bertz CT molecular complexity index is 1260. The van der Waals surface area contributed by atoms with Crippen molar-refractivity contribution < 1.29 is 23.4 Å². The van der Waals surface area contributed by atoms with Crippen LogP contribution in [0.25, 0.3) is 11.3 Å². The molecule has 2 N–H and O–H groups in total. The number of amides is 1. The molecule has 176 valence electrons. The molecule has 1 amide bonds. The number of nitrogens with one attached hydrogen (secondary N) is 1. The number of benzene rings is 1. The summed E-state index contributed by atoms with van der Waals surface area (Å²) in [5.74, 6) is -1.68. The van der Waals surface area contributed by atoms with Crippen LogP contribution in [-0.4, -0.2) is 44.3 Å². The Balaban J connectivity index is 1.53. The monoisotopic (exact) mass is 467 g/mol. The zero-order valence-electron chi connectivity index (χ0n) is 18.7. The second-order valence-electron chi connectivity index (χ2n) is 9.09. The summed E-state index contributed by atoms with van der Waals surface area (Å²) in [4.78, 5) is 20.6. The number of aliphatic hydroxyl groups is 1. The molecule has 8 nitrogen and oxygen atoms in total. The second kappa shape index (κ2) is 8.05. The summed E-state index contributed by atoms with van der Waals surface area (Å²) in [6.45, 7) is 4.02. The van der Waals surface area contributed by atoms with Gasteiger partial charge in [0.15, 0.2) is 5.60 Å². The fourth-order valence-electron chi connectivity index (χ4n) is 5.31. The summed E-state index contributed by atoms with van der Waals surface area (Å²) in [7, 11) is 0. The van der Waals surface area contributed by atoms with Crippen molar-refractivity contribution in [2.45, 2.75) is 38.2 Å². The van der Waals surface area contributed by atoms with E-state index < -0.39 is 28.6 Å². The maximum atomic E-state index is 14.4. The van der Waals surface area contributed by atoms with E-state index in [4.69, 9.17) is 9.84 Å². The van der Waals surface area contributed by atoms with Crippen LogP contribution in [0.3, 0.4) is 0 Å². The molecule has 10 heteroatoms. The van der Waals surface area contributed by atoms with Gasteiger partial charge in [0.25, 0.3) is 5.91 Å². The third kappa shape index (κ3) is 3.24. The average Bonchev–Trinajstić information content (AvgIpc) is 3.17. The Morgan fingerprint density at radius 1 is 1.24 bits per heavy atom. The summed E-state index contributed by atoms with van der Waals surface area (Å²) in [6, 6.07) is 5.39. The molecule has 2 heterocycles. The van der Waals surface area contributed by atoms with Gasteiger partial charge in [-0.15, -0.1) is 5.10 Å². The molecule has 0 saturated heterocycles. The van der Waals surface area contributed by atoms with Gasteiger partial charge in [-0.3, -0.25) is 9.78 Å². The number of ether oxygens (including phenoxy) is 1. The minimum atomic E-state index is -0.888. The van der Waals surface area contributed by atoms with Crippen LogP contribution < -0.4 is 10.1 Å². The molecular formula is C24H23F2N5O3. The van der Waals surface area contributed by atoms with Gasteiger partial charge in [-0.1, -0.05) is 19.9 Å². The normalized spacial score (nSPS) is 21.9. The first kappa shape index (κ1) is 22.3. The molecule has 2 atom stereocenters. The molecule has 34 heavy (non-hydrogen) atoms. The summed E-state index contributed by atoms with van der Waals surface area (Å²) in [5.41, 5.74) is 0.120. The lowest BCUT2D eigenvalue weighted by atomic mass is 9.77. The molecule has 2 aliphatic carbocycles. The van der Waals surface area contributed by atoms with Gasteiger partial charge in [0.05, 0.1) is 30.3 Å². The van der Waals surface area contributed by atoms with Crippen LogP contribution >= 0.6 is 0 Å². The number of rotatable bonds is 6. The molecule has 0 spiro atoms. The Morgan fingerprint density at radius 2 is 2.00 bits per heavy atom. The van der Waals surface area contributed by atoms with Crippen LogP contribution in [-0.2, 0) is 5.60 Å². The van der Waals surface area contributed by atoms with Crippen LogP contribution in [0.5, 0.6) is 5.88 Å². The largest absolute Gasteiger partial charge is 0.463 e. The predicted molar refractivity (Wildman–Crippen MR) is 117 cm³/mol. The van der Waals surface area contributed by atoms with Gasteiger partial charge in [0.1, 0.15) is 23.0 Å². The molecule has 3 aromatic rings. The first-order valence-corrected chi connectivity index (χ1v) is 11.0. The standard InChI is InChI=1S/C24H23F2N5O3/c1-23(2)14-6-7-24(23,34-19-12-27-11-18(29-19)22(33)28-8-9-32)21-13(14)10-17(30-31-21)20-15(25)4-3-5-16(20)26/h3-5,10-12,14,32H,6-9H2,1-2H3,(H,28,33)/t14-,24-/m0/s1. The van der Waals surface area contributed by atoms with Crippen molar-refractivity contribution in [3.8, 4) is 17.1 Å².